The van der Waals surface area contributed by atoms with E-state index in [1.165, 1.54) is 0 Å². The van der Waals surface area contributed by atoms with Crippen molar-refractivity contribution in [3.05, 3.63) is 11.9 Å². The molecule has 0 aliphatic heterocycles. The van der Waals surface area contributed by atoms with Gasteiger partial charge in [0.2, 0.25) is 0 Å². The normalized spacial score (nSPS) is 13.5. The summed E-state index contributed by atoms with van der Waals surface area (Å²) in [5.41, 5.74) is 6.52. The molecule has 4 N–H and O–H groups in total. The molecule has 5 heteroatoms. The van der Waals surface area contributed by atoms with E-state index in [1.807, 2.05) is 0 Å². The third kappa shape index (κ3) is 3.12. The number of aromatic nitrogens is 3. The van der Waals surface area contributed by atoms with Crippen molar-refractivity contribution in [3.63, 3.8) is 0 Å². The van der Waals surface area contributed by atoms with Crippen LogP contribution < -0.4 is 11.1 Å². The zero-order chi connectivity index (χ0) is 9.68. The molecule has 0 saturated carbocycles. The number of aromatic amines is 1. The number of nitrogens with zero attached hydrogens (tertiary/aromatic N) is 2. The van der Waals surface area contributed by atoms with Crippen molar-refractivity contribution < 1.29 is 0 Å². The van der Waals surface area contributed by atoms with E-state index in [0.29, 0.717) is 18.5 Å². The Hall–Kier alpha value is -0.940. The van der Waals surface area contributed by atoms with Crippen LogP contribution in [0.5, 0.6) is 0 Å². The van der Waals surface area contributed by atoms with Gasteiger partial charge in [-0.05, 0) is 5.92 Å². The van der Waals surface area contributed by atoms with E-state index in [0.717, 1.165) is 12.2 Å². The third-order valence-electron chi connectivity index (χ3n) is 2.07. The van der Waals surface area contributed by atoms with Crippen molar-refractivity contribution in [2.45, 2.75) is 26.4 Å². The molecule has 13 heavy (non-hydrogen) atoms. The minimum Gasteiger partial charge on any atom is -0.329 e. The van der Waals surface area contributed by atoms with E-state index in [4.69, 9.17) is 5.73 Å². The predicted octanol–water partition coefficient (Wildman–Crippen LogP) is -0.122. The first-order valence-electron chi connectivity index (χ1n) is 4.52. The van der Waals surface area contributed by atoms with Gasteiger partial charge in [0.1, 0.15) is 0 Å². The standard InChI is InChI=1S/C8H17N5/c1-6(2)8(3-9)10-4-7-5-11-13-12-7/h5-6,8,10H,3-4,9H2,1-2H3,(H,11,12,13). The maximum atomic E-state index is 5.61. The largest absolute Gasteiger partial charge is 0.329 e. The zero-order valence-corrected chi connectivity index (χ0v) is 8.12. The second kappa shape index (κ2) is 4.94. The number of hydrogen-bond donors (Lipinski definition) is 3. The van der Waals surface area contributed by atoms with Crippen molar-refractivity contribution >= 4 is 0 Å². The van der Waals surface area contributed by atoms with Gasteiger partial charge in [0.05, 0.1) is 11.9 Å². The summed E-state index contributed by atoms with van der Waals surface area (Å²) in [5.74, 6) is 0.539. The number of hydrogen-bond acceptors (Lipinski definition) is 4. The molecule has 74 valence electrons. The maximum absolute atomic E-state index is 5.61. The lowest BCUT2D eigenvalue weighted by Gasteiger charge is -2.19. The Balaban J connectivity index is 2.32. The van der Waals surface area contributed by atoms with Crippen LogP contribution in [0, 0.1) is 5.92 Å². The molecule has 0 aliphatic carbocycles. The van der Waals surface area contributed by atoms with Crippen LogP contribution in [0.2, 0.25) is 0 Å². The summed E-state index contributed by atoms with van der Waals surface area (Å²) in [7, 11) is 0. The van der Waals surface area contributed by atoms with E-state index in [2.05, 4.69) is 34.6 Å². The van der Waals surface area contributed by atoms with Gasteiger partial charge >= 0.3 is 0 Å². The molecule has 0 amide bonds. The fourth-order valence-electron chi connectivity index (χ4n) is 1.14. The Bertz CT molecular complexity index is 218. The first-order chi connectivity index (χ1) is 6.24. The molecule has 0 radical (unpaired) electrons. The molecule has 1 aromatic heterocycles. The molecule has 1 rings (SSSR count). The van der Waals surface area contributed by atoms with Gasteiger partial charge in [0.25, 0.3) is 0 Å². The topological polar surface area (TPSA) is 79.6 Å². The molecule has 1 aromatic rings. The Morgan fingerprint density at radius 3 is 2.85 bits per heavy atom. The van der Waals surface area contributed by atoms with Gasteiger partial charge < -0.3 is 11.1 Å². The fraction of sp³-hybridized carbons (Fsp3) is 0.750. The average Bonchev–Trinajstić information content (AvgIpc) is 2.57. The van der Waals surface area contributed by atoms with Crippen LogP contribution in [0.25, 0.3) is 0 Å². The monoisotopic (exact) mass is 183 g/mol. The van der Waals surface area contributed by atoms with Crippen LogP contribution >= 0.6 is 0 Å². The quantitative estimate of drug-likeness (QED) is 0.594. The molecule has 1 atom stereocenters. The van der Waals surface area contributed by atoms with Gasteiger partial charge in [-0.1, -0.05) is 13.8 Å². The number of H-pyrrole nitrogens is 1. The average molecular weight is 183 g/mol. The molecule has 1 unspecified atom stereocenters. The summed E-state index contributed by atoms with van der Waals surface area (Å²) in [6, 6.07) is 0.344. The maximum Gasteiger partial charge on any atom is 0.0962 e. The number of nitrogens with one attached hydrogen (secondary N) is 2. The SMILES string of the molecule is CC(C)C(CN)NCc1cn[nH]n1. The Morgan fingerprint density at radius 1 is 1.62 bits per heavy atom. The van der Waals surface area contributed by atoms with Crippen molar-refractivity contribution in [2.24, 2.45) is 11.7 Å². The van der Waals surface area contributed by atoms with Crippen molar-refractivity contribution in [1.29, 1.82) is 0 Å². The summed E-state index contributed by atoms with van der Waals surface area (Å²) in [6.07, 6.45) is 1.71. The second-order valence-corrected chi connectivity index (χ2v) is 3.43. The molecule has 0 bridgehead atoms. The highest BCUT2D eigenvalue weighted by Gasteiger charge is 2.10. The van der Waals surface area contributed by atoms with Crippen LogP contribution in [-0.4, -0.2) is 28.0 Å². The highest BCUT2D eigenvalue weighted by Crippen LogP contribution is 2.00. The van der Waals surface area contributed by atoms with Crippen LogP contribution in [0.4, 0.5) is 0 Å². The molecular formula is C8H17N5. The first-order valence-corrected chi connectivity index (χ1v) is 4.52. The van der Waals surface area contributed by atoms with Crippen LogP contribution in [0.15, 0.2) is 6.20 Å². The summed E-state index contributed by atoms with van der Waals surface area (Å²) in [4.78, 5) is 0. The van der Waals surface area contributed by atoms with Crippen LogP contribution in [0.3, 0.4) is 0 Å². The molecule has 5 nitrogen and oxygen atoms in total. The van der Waals surface area contributed by atoms with Gasteiger partial charge in [-0.2, -0.15) is 15.4 Å². The number of nitrogens with two attached hydrogens (primary N) is 1. The lowest BCUT2D eigenvalue weighted by Crippen LogP contribution is -2.39. The number of rotatable bonds is 5. The van der Waals surface area contributed by atoms with Gasteiger partial charge in [-0.3, -0.25) is 0 Å². The third-order valence-corrected chi connectivity index (χ3v) is 2.07. The van der Waals surface area contributed by atoms with Crippen molar-refractivity contribution in [3.8, 4) is 0 Å². The van der Waals surface area contributed by atoms with Crippen molar-refractivity contribution in [1.82, 2.24) is 20.7 Å². The lowest BCUT2D eigenvalue weighted by molar-refractivity contribution is 0.403. The van der Waals surface area contributed by atoms with Crippen molar-refractivity contribution in [2.75, 3.05) is 6.54 Å². The molecule has 0 aliphatic rings. The van der Waals surface area contributed by atoms with Gasteiger partial charge in [0.15, 0.2) is 0 Å². The van der Waals surface area contributed by atoms with Gasteiger partial charge in [0, 0.05) is 19.1 Å². The highest BCUT2D eigenvalue weighted by molar-refractivity contribution is 4.90. The van der Waals surface area contributed by atoms with E-state index in [-0.39, 0.29) is 0 Å². The van der Waals surface area contributed by atoms with Gasteiger partial charge in [-0.25, -0.2) is 0 Å². The Labute approximate surface area is 78.1 Å². The van der Waals surface area contributed by atoms with E-state index >= 15 is 0 Å². The summed E-state index contributed by atoms with van der Waals surface area (Å²) in [5, 5.41) is 13.6. The lowest BCUT2D eigenvalue weighted by atomic mass is 10.1. The molecular weight excluding hydrogens is 166 g/mol. The van der Waals surface area contributed by atoms with Crippen LogP contribution in [-0.2, 0) is 6.54 Å². The zero-order valence-electron chi connectivity index (χ0n) is 8.12. The molecule has 0 spiro atoms. The van der Waals surface area contributed by atoms with E-state index in [9.17, 15) is 0 Å². The van der Waals surface area contributed by atoms with Crippen LogP contribution in [0.1, 0.15) is 19.5 Å². The summed E-state index contributed by atoms with van der Waals surface area (Å²) >= 11 is 0. The minimum absolute atomic E-state index is 0.344. The Morgan fingerprint density at radius 2 is 2.38 bits per heavy atom. The molecule has 0 saturated heterocycles. The minimum atomic E-state index is 0.344. The predicted molar refractivity (Wildman–Crippen MR) is 50.9 cm³/mol. The smallest absolute Gasteiger partial charge is 0.0962 e. The molecule has 1 heterocycles. The summed E-state index contributed by atoms with van der Waals surface area (Å²) in [6.45, 7) is 5.66. The summed E-state index contributed by atoms with van der Waals surface area (Å²) < 4.78 is 0. The second-order valence-electron chi connectivity index (χ2n) is 3.43. The fourth-order valence-corrected chi connectivity index (χ4v) is 1.14. The highest BCUT2D eigenvalue weighted by atomic mass is 15.3. The first kappa shape index (κ1) is 10.1. The Kier molecular flexibility index (Phi) is 3.85. The van der Waals surface area contributed by atoms with E-state index < -0.39 is 0 Å². The molecule has 0 aromatic carbocycles. The van der Waals surface area contributed by atoms with E-state index in [1.54, 1.807) is 6.20 Å². The van der Waals surface area contributed by atoms with Gasteiger partial charge in [-0.15, -0.1) is 0 Å². The molecule has 0 fully saturated rings.